The molecule has 1 fully saturated rings. The molecule has 0 bridgehead atoms. The fourth-order valence-corrected chi connectivity index (χ4v) is 3.60. The van der Waals surface area contributed by atoms with Crippen LogP contribution >= 0.6 is 0 Å². The van der Waals surface area contributed by atoms with Crippen LogP contribution in [0.25, 0.3) is 0 Å². The third-order valence-electron chi connectivity index (χ3n) is 5.26. The maximum absolute atomic E-state index is 13.2. The second-order valence-electron chi connectivity index (χ2n) is 7.35. The molecule has 31 heavy (non-hydrogen) atoms. The summed E-state index contributed by atoms with van der Waals surface area (Å²) in [6.45, 7) is 1.57. The Kier molecular flexibility index (Phi) is 6.33. The van der Waals surface area contributed by atoms with Crippen LogP contribution in [0.1, 0.15) is 30.0 Å². The number of nitriles is 1. The van der Waals surface area contributed by atoms with E-state index in [4.69, 9.17) is 5.26 Å². The monoisotopic (exact) mass is 413 g/mol. The number of rotatable bonds is 6. The number of piperidine rings is 1. The predicted octanol–water partition coefficient (Wildman–Crippen LogP) is 2.68. The summed E-state index contributed by atoms with van der Waals surface area (Å²) in [5, 5.41) is 15.4. The normalized spacial score (nSPS) is 15.0. The van der Waals surface area contributed by atoms with Crippen LogP contribution in [0.5, 0.6) is 0 Å². The average molecular weight is 413 g/mol. The zero-order valence-corrected chi connectivity index (χ0v) is 17.0. The zero-order valence-electron chi connectivity index (χ0n) is 17.0. The number of carbonyl (C=O) groups is 1. The van der Waals surface area contributed by atoms with E-state index in [1.807, 2.05) is 36.4 Å². The SMILES string of the molecule is N#Cc1ccc(NC(C(=O)NC2CCN(c3ncccn3)CC2)c2ccccc2)nc1. The van der Waals surface area contributed by atoms with E-state index in [1.54, 1.807) is 30.6 Å². The lowest BCUT2D eigenvalue weighted by molar-refractivity contribution is -0.122. The van der Waals surface area contributed by atoms with Crippen molar-refractivity contribution in [2.75, 3.05) is 23.3 Å². The molecule has 1 saturated heterocycles. The number of hydrogen-bond donors (Lipinski definition) is 2. The Morgan fingerprint density at radius 2 is 1.77 bits per heavy atom. The van der Waals surface area contributed by atoms with Crippen LogP contribution in [0, 0.1) is 11.3 Å². The van der Waals surface area contributed by atoms with Crippen molar-refractivity contribution >= 4 is 17.7 Å². The van der Waals surface area contributed by atoms with Gasteiger partial charge in [-0.15, -0.1) is 0 Å². The highest BCUT2D eigenvalue weighted by atomic mass is 16.2. The van der Waals surface area contributed by atoms with Crippen LogP contribution in [0.3, 0.4) is 0 Å². The largest absolute Gasteiger partial charge is 0.355 e. The van der Waals surface area contributed by atoms with Gasteiger partial charge in [0.05, 0.1) is 5.56 Å². The summed E-state index contributed by atoms with van der Waals surface area (Å²) in [6, 6.07) is 16.3. The molecule has 0 spiro atoms. The van der Waals surface area contributed by atoms with Crippen molar-refractivity contribution < 1.29 is 4.79 Å². The van der Waals surface area contributed by atoms with Gasteiger partial charge in [-0.1, -0.05) is 30.3 Å². The average Bonchev–Trinajstić information content (AvgIpc) is 2.84. The Hall–Kier alpha value is -3.99. The van der Waals surface area contributed by atoms with Gasteiger partial charge in [0, 0.05) is 37.7 Å². The second kappa shape index (κ2) is 9.67. The van der Waals surface area contributed by atoms with Crippen LogP contribution in [0.4, 0.5) is 11.8 Å². The summed E-state index contributed by atoms with van der Waals surface area (Å²) in [5.41, 5.74) is 1.32. The third-order valence-corrected chi connectivity index (χ3v) is 5.26. The second-order valence-corrected chi connectivity index (χ2v) is 7.35. The maximum Gasteiger partial charge on any atom is 0.247 e. The molecule has 2 aromatic heterocycles. The van der Waals surface area contributed by atoms with E-state index >= 15 is 0 Å². The topological polar surface area (TPSA) is 107 Å². The van der Waals surface area contributed by atoms with Gasteiger partial charge in [-0.25, -0.2) is 15.0 Å². The van der Waals surface area contributed by atoms with E-state index < -0.39 is 6.04 Å². The smallest absolute Gasteiger partial charge is 0.247 e. The summed E-state index contributed by atoms with van der Waals surface area (Å²) in [6.07, 6.45) is 6.61. The Balaban J connectivity index is 1.42. The van der Waals surface area contributed by atoms with Crippen LogP contribution in [0.2, 0.25) is 0 Å². The Morgan fingerprint density at radius 1 is 1.03 bits per heavy atom. The van der Waals surface area contributed by atoms with Gasteiger partial charge in [-0.05, 0) is 36.6 Å². The Bertz CT molecular complexity index is 1030. The molecule has 8 heteroatoms. The van der Waals surface area contributed by atoms with Crippen LogP contribution < -0.4 is 15.5 Å². The van der Waals surface area contributed by atoms with Crippen molar-refractivity contribution in [2.24, 2.45) is 0 Å². The molecule has 0 radical (unpaired) electrons. The molecule has 1 amide bonds. The Labute approximate surface area is 181 Å². The van der Waals surface area contributed by atoms with Gasteiger partial charge in [0.15, 0.2) is 0 Å². The number of amides is 1. The molecule has 0 saturated carbocycles. The van der Waals surface area contributed by atoms with Gasteiger partial charge in [-0.3, -0.25) is 4.79 Å². The number of carbonyl (C=O) groups excluding carboxylic acids is 1. The molecule has 3 heterocycles. The van der Waals surface area contributed by atoms with Crippen molar-refractivity contribution in [1.29, 1.82) is 5.26 Å². The van der Waals surface area contributed by atoms with E-state index in [9.17, 15) is 4.79 Å². The fourth-order valence-electron chi connectivity index (χ4n) is 3.60. The number of nitrogens with zero attached hydrogens (tertiary/aromatic N) is 5. The lowest BCUT2D eigenvalue weighted by Gasteiger charge is -2.33. The van der Waals surface area contributed by atoms with Crippen LogP contribution in [-0.4, -0.2) is 40.0 Å². The minimum Gasteiger partial charge on any atom is -0.355 e. The summed E-state index contributed by atoms with van der Waals surface area (Å²) < 4.78 is 0. The van der Waals surface area contributed by atoms with Gasteiger partial charge in [0.25, 0.3) is 0 Å². The van der Waals surface area contributed by atoms with E-state index in [2.05, 4.69) is 30.5 Å². The highest BCUT2D eigenvalue weighted by molar-refractivity contribution is 5.86. The molecular weight excluding hydrogens is 390 g/mol. The molecule has 0 aliphatic carbocycles. The molecule has 8 nitrogen and oxygen atoms in total. The van der Waals surface area contributed by atoms with Crippen molar-refractivity contribution in [2.45, 2.75) is 24.9 Å². The molecule has 1 aliphatic heterocycles. The fraction of sp³-hybridized carbons (Fsp3) is 0.261. The first-order chi connectivity index (χ1) is 15.2. The molecule has 1 aromatic carbocycles. The number of anilines is 2. The van der Waals surface area contributed by atoms with Gasteiger partial charge < -0.3 is 15.5 Å². The molecule has 2 N–H and O–H groups in total. The van der Waals surface area contributed by atoms with Crippen molar-refractivity contribution in [3.63, 3.8) is 0 Å². The van der Waals surface area contributed by atoms with Crippen LogP contribution in [-0.2, 0) is 4.79 Å². The number of aromatic nitrogens is 3. The summed E-state index contributed by atoms with van der Waals surface area (Å²) in [5.74, 6) is 1.16. The van der Waals surface area contributed by atoms with Gasteiger partial charge in [-0.2, -0.15) is 5.26 Å². The van der Waals surface area contributed by atoms with Crippen molar-refractivity contribution in [3.05, 3.63) is 78.2 Å². The quantitative estimate of drug-likeness (QED) is 0.640. The van der Waals surface area contributed by atoms with E-state index in [-0.39, 0.29) is 11.9 Å². The zero-order chi connectivity index (χ0) is 21.5. The lowest BCUT2D eigenvalue weighted by Crippen LogP contribution is -2.47. The molecule has 1 aliphatic rings. The predicted molar refractivity (Wildman–Crippen MR) is 117 cm³/mol. The lowest BCUT2D eigenvalue weighted by atomic mass is 10.0. The summed E-state index contributed by atoms with van der Waals surface area (Å²) in [4.78, 5) is 28.2. The first-order valence-corrected chi connectivity index (χ1v) is 10.2. The molecule has 3 aromatic rings. The molecule has 1 unspecified atom stereocenters. The van der Waals surface area contributed by atoms with Crippen molar-refractivity contribution in [1.82, 2.24) is 20.3 Å². The minimum atomic E-state index is -0.586. The van der Waals surface area contributed by atoms with Crippen LogP contribution in [0.15, 0.2) is 67.1 Å². The highest BCUT2D eigenvalue weighted by Gasteiger charge is 2.26. The summed E-state index contributed by atoms with van der Waals surface area (Å²) in [7, 11) is 0. The molecular formula is C23H23N7O. The minimum absolute atomic E-state index is 0.0781. The number of benzene rings is 1. The highest BCUT2D eigenvalue weighted by Crippen LogP contribution is 2.21. The number of pyridine rings is 1. The van der Waals surface area contributed by atoms with Crippen molar-refractivity contribution in [3.8, 4) is 6.07 Å². The van der Waals surface area contributed by atoms with E-state index in [0.717, 1.165) is 37.4 Å². The molecule has 4 rings (SSSR count). The van der Waals surface area contributed by atoms with E-state index in [1.165, 1.54) is 6.20 Å². The number of nitrogens with one attached hydrogen (secondary N) is 2. The van der Waals surface area contributed by atoms with Gasteiger partial charge >= 0.3 is 0 Å². The summed E-state index contributed by atoms with van der Waals surface area (Å²) >= 11 is 0. The molecule has 1 atom stereocenters. The maximum atomic E-state index is 13.2. The van der Waals surface area contributed by atoms with Gasteiger partial charge in [0.1, 0.15) is 17.9 Å². The van der Waals surface area contributed by atoms with Gasteiger partial charge in [0.2, 0.25) is 11.9 Å². The third kappa shape index (κ3) is 5.14. The first-order valence-electron chi connectivity index (χ1n) is 10.2. The number of hydrogen-bond acceptors (Lipinski definition) is 7. The molecule has 156 valence electrons. The first kappa shape index (κ1) is 20.3. The standard InChI is InChI=1S/C23H23N7O/c24-15-17-7-8-20(27-16-17)29-21(18-5-2-1-3-6-18)22(31)28-19-9-13-30(14-10-19)23-25-11-4-12-26-23/h1-8,11-12,16,19,21H,9-10,13-14H2,(H,27,29)(H,28,31). The van der Waals surface area contributed by atoms with E-state index in [0.29, 0.717) is 11.4 Å². The Morgan fingerprint density at radius 3 is 2.42 bits per heavy atom.